The number of rotatable bonds is 6. The van der Waals surface area contributed by atoms with Gasteiger partial charge in [0, 0.05) is 16.1 Å². The molecule has 3 nitrogen and oxygen atoms in total. The summed E-state index contributed by atoms with van der Waals surface area (Å²) in [5.74, 6) is -0.0571. The molecule has 0 aromatic heterocycles. The van der Waals surface area contributed by atoms with Crippen LogP contribution in [0.2, 0.25) is 10.0 Å². The molecule has 0 fully saturated rings. The van der Waals surface area contributed by atoms with E-state index in [0.717, 1.165) is 11.1 Å². The van der Waals surface area contributed by atoms with Crippen molar-refractivity contribution < 1.29 is 4.79 Å². The molecule has 23 heavy (non-hydrogen) atoms. The second-order valence-electron chi connectivity index (χ2n) is 5.47. The zero-order valence-electron chi connectivity index (χ0n) is 13.1. The maximum absolute atomic E-state index is 12.1. The van der Waals surface area contributed by atoms with Crippen LogP contribution in [0, 0.1) is 0 Å². The molecule has 2 aromatic carbocycles. The van der Waals surface area contributed by atoms with Crippen molar-refractivity contribution in [3.05, 3.63) is 69.7 Å². The fourth-order valence-corrected chi connectivity index (χ4v) is 2.90. The second kappa shape index (κ2) is 8.34. The smallest absolute Gasteiger partial charge is 0.234 e. The maximum atomic E-state index is 12.1. The highest BCUT2D eigenvalue weighted by Gasteiger charge is 2.13. The third kappa shape index (κ3) is 5.24. The Morgan fingerprint density at radius 2 is 1.74 bits per heavy atom. The minimum atomic E-state index is -0.0571. The van der Waals surface area contributed by atoms with Gasteiger partial charge in [0.25, 0.3) is 0 Å². The molecule has 0 spiro atoms. The van der Waals surface area contributed by atoms with Crippen molar-refractivity contribution in [2.24, 2.45) is 0 Å². The number of nitrogens with one attached hydrogen (secondary N) is 2. The van der Waals surface area contributed by atoms with Crippen molar-refractivity contribution in [3.8, 4) is 0 Å². The second-order valence-corrected chi connectivity index (χ2v) is 6.31. The lowest BCUT2D eigenvalue weighted by atomic mass is 10.1. The molecule has 1 amide bonds. The van der Waals surface area contributed by atoms with Crippen LogP contribution in [0.5, 0.6) is 0 Å². The summed E-state index contributed by atoms with van der Waals surface area (Å²) < 4.78 is 0. The van der Waals surface area contributed by atoms with Crippen LogP contribution < -0.4 is 10.6 Å². The fourth-order valence-electron chi connectivity index (χ4n) is 2.33. The summed E-state index contributed by atoms with van der Waals surface area (Å²) >= 11 is 12.1. The summed E-state index contributed by atoms with van der Waals surface area (Å²) in [6, 6.07) is 15.2. The van der Waals surface area contributed by atoms with E-state index in [0.29, 0.717) is 10.0 Å². The van der Waals surface area contributed by atoms with Gasteiger partial charge in [0.1, 0.15) is 0 Å². The van der Waals surface area contributed by atoms with Gasteiger partial charge in [0.05, 0.1) is 12.6 Å². The summed E-state index contributed by atoms with van der Waals surface area (Å²) in [5.41, 5.74) is 2.00. The molecule has 0 radical (unpaired) electrons. The molecular formula is C18H20Cl2N2O. The number of hydrogen-bond donors (Lipinski definition) is 2. The predicted octanol–water partition coefficient (Wildman–Crippen LogP) is 4.52. The van der Waals surface area contributed by atoms with E-state index in [1.807, 2.05) is 50.2 Å². The molecule has 0 heterocycles. The lowest BCUT2D eigenvalue weighted by Crippen LogP contribution is -2.36. The number of hydrogen-bond acceptors (Lipinski definition) is 2. The van der Waals surface area contributed by atoms with Gasteiger partial charge in [-0.2, -0.15) is 0 Å². The first-order valence-corrected chi connectivity index (χ1v) is 8.25. The van der Waals surface area contributed by atoms with Crippen molar-refractivity contribution in [2.75, 3.05) is 6.54 Å². The van der Waals surface area contributed by atoms with Crippen LogP contribution in [0.1, 0.15) is 37.1 Å². The van der Waals surface area contributed by atoms with Gasteiger partial charge in [0.15, 0.2) is 0 Å². The number of carbonyl (C=O) groups is 1. The Morgan fingerprint density at radius 1 is 1.04 bits per heavy atom. The Morgan fingerprint density at radius 3 is 2.39 bits per heavy atom. The largest absolute Gasteiger partial charge is 0.348 e. The topological polar surface area (TPSA) is 41.1 Å². The number of benzene rings is 2. The van der Waals surface area contributed by atoms with Gasteiger partial charge in [-0.1, -0.05) is 59.6 Å². The summed E-state index contributed by atoms with van der Waals surface area (Å²) in [5, 5.41) is 7.34. The van der Waals surface area contributed by atoms with Gasteiger partial charge >= 0.3 is 0 Å². The normalized spacial score (nSPS) is 13.4. The highest BCUT2D eigenvalue weighted by atomic mass is 35.5. The van der Waals surface area contributed by atoms with Gasteiger partial charge in [-0.3, -0.25) is 4.79 Å². The molecule has 0 bridgehead atoms. The third-order valence-electron chi connectivity index (χ3n) is 3.67. The Hall–Kier alpha value is -1.55. The fraction of sp³-hybridized carbons (Fsp3) is 0.278. The average molecular weight is 351 g/mol. The van der Waals surface area contributed by atoms with Crippen molar-refractivity contribution >= 4 is 29.1 Å². The molecule has 0 saturated carbocycles. The SMILES string of the molecule is C[C@@H](NC(=O)CN[C@H](C)c1ccc(Cl)cc1Cl)c1ccccc1. The molecule has 0 aliphatic heterocycles. The minimum absolute atomic E-state index is 0.0278. The molecule has 0 saturated heterocycles. The third-order valence-corrected chi connectivity index (χ3v) is 4.24. The monoisotopic (exact) mass is 350 g/mol. The molecular weight excluding hydrogens is 331 g/mol. The van der Waals surface area contributed by atoms with Crippen molar-refractivity contribution in [3.63, 3.8) is 0 Å². The number of carbonyl (C=O) groups excluding carboxylic acids is 1. The van der Waals surface area contributed by atoms with E-state index in [2.05, 4.69) is 10.6 Å². The molecule has 2 atom stereocenters. The number of halogens is 2. The van der Waals surface area contributed by atoms with E-state index in [1.54, 1.807) is 12.1 Å². The Balaban J connectivity index is 1.86. The van der Waals surface area contributed by atoms with Gasteiger partial charge in [-0.05, 0) is 37.1 Å². The van der Waals surface area contributed by atoms with E-state index in [1.165, 1.54) is 0 Å². The molecule has 2 rings (SSSR count). The summed E-state index contributed by atoms with van der Waals surface area (Å²) in [6.07, 6.45) is 0. The highest BCUT2D eigenvalue weighted by molar-refractivity contribution is 6.35. The van der Waals surface area contributed by atoms with E-state index in [4.69, 9.17) is 23.2 Å². The Bertz CT molecular complexity index is 661. The van der Waals surface area contributed by atoms with Gasteiger partial charge in [0.2, 0.25) is 5.91 Å². The van der Waals surface area contributed by atoms with Gasteiger partial charge < -0.3 is 10.6 Å². The standard InChI is InChI=1S/C18H20Cl2N2O/c1-12(14-6-4-3-5-7-14)22-18(23)11-21-13(2)16-9-8-15(19)10-17(16)20/h3-10,12-13,21H,11H2,1-2H3,(H,22,23)/t12-,13-/m1/s1. The number of amides is 1. The van der Waals surface area contributed by atoms with E-state index in [-0.39, 0.29) is 24.5 Å². The summed E-state index contributed by atoms with van der Waals surface area (Å²) in [6.45, 7) is 4.15. The molecule has 0 aliphatic carbocycles. The van der Waals surface area contributed by atoms with Crippen LogP contribution in [0.3, 0.4) is 0 Å². The van der Waals surface area contributed by atoms with Crippen LogP contribution >= 0.6 is 23.2 Å². The lowest BCUT2D eigenvalue weighted by molar-refractivity contribution is -0.121. The van der Waals surface area contributed by atoms with E-state index in [9.17, 15) is 4.79 Å². The predicted molar refractivity (Wildman–Crippen MR) is 95.9 cm³/mol. The van der Waals surface area contributed by atoms with Crippen molar-refractivity contribution in [1.82, 2.24) is 10.6 Å². The first kappa shape index (κ1) is 17.8. The van der Waals surface area contributed by atoms with Crippen LogP contribution in [0.15, 0.2) is 48.5 Å². The molecule has 0 unspecified atom stereocenters. The Kier molecular flexibility index (Phi) is 6.46. The average Bonchev–Trinajstić information content (AvgIpc) is 2.53. The van der Waals surface area contributed by atoms with Crippen molar-refractivity contribution in [1.29, 1.82) is 0 Å². The highest BCUT2D eigenvalue weighted by Crippen LogP contribution is 2.25. The van der Waals surface area contributed by atoms with E-state index < -0.39 is 0 Å². The van der Waals surface area contributed by atoms with Crippen LogP contribution in [0.4, 0.5) is 0 Å². The zero-order valence-corrected chi connectivity index (χ0v) is 14.7. The molecule has 2 N–H and O–H groups in total. The van der Waals surface area contributed by atoms with E-state index >= 15 is 0 Å². The zero-order chi connectivity index (χ0) is 16.8. The Labute approximate surface area is 147 Å². The first-order chi connectivity index (χ1) is 11.0. The van der Waals surface area contributed by atoms with Crippen LogP contribution in [-0.4, -0.2) is 12.5 Å². The van der Waals surface area contributed by atoms with Gasteiger partial charge in [-0.15, -0.1) is 0 Å². The summed E-state index contributed by atoms with van der Waals surface area (Å²) in [7, 11) is 0. The molecule has 0 aliphatic rings. The first-order valence-electron chi connectivity index (χ1n) is 7.50. The maximum Gasteiger partial charge on any atom is 0.234 e. The molecule has 2 aromatic rings. The molecule has 122 valence electrons. The van der Waals surface area contributed by atoms with Crippen LogP contribution in [-0.2, 0) is 4.79 Å². The molecule has 5 heteroatoms. The minimum Gasteiger partial charge on any atom is -0.348 e. The van der Waals surface area contributed by atoms with Crippen molar-refractivity contribution in [2.45, 2.75) is 25.9 Å². The quantitative estimate of drug-likeness (QED) is 0.803. The van der Waals surface area contributed by atoms with Gasteiger partial charge in [-0.25, -0.2) is 0 Å². The lowest BCUT2D eigenvalue weighted by Gasteiger charge is -2.18. The summed E-state index contributed by atoms with van der Waals surface area (Å²) in [4.78, 5) is 12.1. The van der Waals surface area contributed by atoms with Crippen LogP contribution in [0.25, 0.3) is 0 Å².